The van der Waals surface area contributed by atoms with Gasteiger partial charge in [-0.25, -0.2) is 0 Å². The Kier molecular flexibility index (Phi) is 5.11. The Bertz CT molecular complexity index is 485. The normalized spacial score (nSPS) is 29.3. The smallest absolute Gasteiger partial charge is 0.242 e. The molecule has 0 bridgehead atoms. The SMILES string of the molecule is CCC1CN(C(=O)C2COCCN2)CCC1c1ccccc1. The third-order valence-electron chi connectivity index (χ3n) is 5.02. The number of carbonyl (C=O) groups is 1. The Balaban J connectivity index is 1.65. The summed E-state index contributed by atoms with van der Waals surface area (Å²) in [6, 6.07) is 10.6. The Morgan fingerprint density at radius 2 is 2.18 bits per heavy atom. The minimum Gasteiger partial charge on any atom is -0.378 e. The molecule has 120 valence electrons. The van der Waals surface area contributed by atoms with Crippen LogP contribution in [0.3, 0.4) is 0 Å². The molecule has 3 atom stereocenters. The lowest BCUT2D eigenvalue weighted by Gasteiger charge is -2.40. The molecule has 4 heteroatoms. The van der Waals surface area contributed by atoms with Crippen molar-refractivity contribution in [2.75, 3.05) is 32.8 Å². The van der Waals surface area contributed by atoms with Crippen molar-refractivity contribution in [2.24, 2.45) is 5.92 Å². The van der Waals surface area contributed by atoms with Crippen molar-refractivity contribution < 1.29 is 9.53 Å². The molecule has 0 aliphatic carbocycles. The molecule has 2 saturated heterocycles. The molecule has 0 spiro atoms. The van der Waals surface area contributed by atoms with Crippen molar-refractivity contribution in [3.05, 3.63) is 35.9 Å². The number of benzene rings is 1. The molecule has 0 saturated carbocycles. The summed E-state index contributed by atoms with van der Waals surface area (Å²) in [6.45, 7) is 5.94. The molecule has 1 aromatic rings. The second kappa shape index (κ2) is 7.25. The average Bonchev–Trinajstić information content (AvgIpc) is 2.62. The third-order valence-corrected chi connectivity index (χ3v) is 5.02. The number of rotatable bonds is 3. The van der Waals surface area contributed by atoms with Gasteiger partial charge in [0.15, 0.2) is 0 Å². The number of nitrogens with zero attached hydrogens (tertiary/aromatic N) is 1. The van der Waals surface area contributed by atoms with Crippen LogP contribution in [0.1, 0.15) is 31.2 Å². The van der Waals surface area contributed by atoms with Crippen LogP contribution in [-0.2, 0) is 9.53 Å². The molecule has 1 amide bonds. The first-order chi connectivity index (χ1) is 10.8. The molecule has 4 nitrogen and oxygen atoms in total. The summed E-state index contributed by atoms with van der Waals surface area (Å²) in [5.41, 5.74) is 1.42. The van der Waals surface area contributed by atoms with E-state index >= 15 is 0 Å². The Morgan fingerprint density at radius 3 is 2.86 bits per heavy atom. The lowest BCUT2D eigenvalue weighted by Crippen LogP contribution is -2.55. The van der Waals surface area contributed by atoms with E-state index in [1.54, 1.807) is 0 Å². The maximum Gasteiger partial charge on any atom is 0.242 e. The van der Waals surface area contributed by atoms with Gasteiger partial charge in [-0.3, -0.25) is 4.79 Å². The van der Waals surface area contributed by atoms with E-state index in [1.165, 1.54) is 5.56 Å². The van der Waals surface area contributed by atoms with Crippen LogP contribution < -0.4 is 5.32 Å². The molecule has 0 radical (unpaired) electrons. The van der Waals surface area contributed by atoms with E-state index in [-0.39, 0.29) is 11.9 Å². The fraction of sp³-hybridized carbons (Fsp3) is 0.611. The van der Waals surface area contributed by atoms with Gasteiger partial charge in [0.1, 0.15) is 6.04 Å². The monoisotopic (exact) mass is 302 g/mol. The lowest BCUT2D eigenvalue weighted by atomic mass is 9.79. The first-order valence-corrected chi connectivity index (χ1v) is 8.44. The van der Waals surface area contributed by atoms with Crippen molar-refractivity contribution in [1.82, 2.24) is 10.2 Å². The highest BCUT2D eigenvalue weighted by Gasteiger charge is 2.34. The van der Waals surface area contributed by atoms with Crippen LogP contribution >= 0.6 is 0 Å². The minimum absolute atomic E-state index is 0.153. The zero-order valence-corrected chi connectivity index (χ0v) is 13.3. The number of amides is 1. The summed E-state index contributed by atoms with van der Waals surface area (Å²) in [5.74, 6) is 1.33. The minimum atomic E-state index is -0.153. The predicted octanol–water partition coefficient (Wildman–Crippen LogP) is 2.02. The molecule has 2 fully saturated rings. The van der Waals surface area contributed by atoms with Crippen LogP contribution in [0.5, 0.6) is 0 Å². The van der Waals surface area contributed by atoms with Gasteiger partial charge < -0.3 is 15.0 Å². The van der Waals surface area contributed by atoms with Crippen molar-refractivity contribution in [2.45, 2.75) is 31.7 Å². The van der Waals surface area contributed by atoms with Gasteiger partial charge in [-0.15, -0.1) is 0 Å². The molecule has 3 unspecified atom stereocenters. The Morgan fingerprint density at radius 1 is 1.36 bits per heavy atom. The topological polar surface area (TPSA) is 41.6 Å². The second-order valence-electron chi connectivity index (χ2n) is 6.34. The highest BCUT2D eigenvalue weighted by atomic mass is 16.5. The van der Waals surface area contributed by atoms with Gasteiger partial charge in [-0.2, -0.15) is 0 Å². The summed E-state index contributed by atoms with van der Waals surface area (Å²) < 4.78 is 5.43. The standard InChI is InChI=1S/C18H26N2O2/c1-2-14-12-20(18(21)17-13-22-11-9-19-17)10-8-16(14)15-6-4-3-5-7-15/h3-7,14,16-17,19H,2,8-13H2,1H3. The van der Waals surface area contributed by atoms with Gasteiger partial charge in [0.25, 0.3) is 0 Å². The molecular formula is C18H26N2O2. The molecule has 2 heterocycles. The van der Waals surface area contributed by atoms with Crippen molar-refractivity contribution in [3.8, 4) is 0 Å². The third kappa shape index (κ3) is 3.33. The number of hydrogen-bond donors (Lipinski definition) is 1. The summed E-state index contributed by atoms with van der Waals surface area (Å²) in [7, 11) is 0. The van der Waals surface area contributed by atoms with Gasteiger partial charge in [0, 0.05) is 19.6 Å². The Labute approximate surface area is 132 Å². The number of hydrogen-bond acceptors (Lipinski definition) is 3. The first-order valence-electron chi connectivity index (χ1n) is 8.44. The number of ether oxygens (including phenoxy) is 1. The highest BCUT2D eigenvalue weighted by Crippen LogP contribution is 2.35. The fourth-order valence-electron chi connectivity index (χ4n) is 3.73. The van der Waals surface area contributed by atoms with Gasteiger partial charge in [0.05, 0.1) is 13.2 Å². The van der Waals surface area contributed by atoms with E-state index in [4.69, 9.17) is 4.74 Å². The fourth-order valence-corrected chi connectivity index (χ4v) is 3.73. The zero-order chi connectivity index (χ0) is 15.4. The van der Waals surface area contributed by atoms with Gasteiger partial charge in [0.2, 0.25) is 5.91 Å². The lowest BCUT2D eigenvalue weighted by molar-refractivity contribution is -0.138. The number of morpholine rings is 1. The summed E-state index contributed by atoms with van der Waals surface area (Å²) >= 11 is 0. The number of piperidine rings is 1. The average molecular weight is 302 g/mol. The highest BCUT2D eigenvalue weighted by molar-refractivity contribution is 5.82. The van der Waals surface area contributed by atoms with Crippen LogP contribution in [-0.4, -0.2) is 49.7 Å². The van der Waals surface area contributed by atoms with Crippen LogP contribution in [0.25, 0.3) is 0 Å². The predicted molar refractivity (Wildman–Crippen MR) is 86.8 cm³/mol. The molecule has 0 aromatic heterocycles. The van der Waals surface area contributed by atoms with E-state index < -0.39 is 0 Å². The summed E-state index contributed by atoms with van der Waals surface area (Å²) in [4.78, 5) is 14.7. The summed E-state index contributed by atoms with van der Waals surface area (Å²) in [6.07, 6.45) is 2.17. The molecule has 2 aliphatic rings. The number of nitrogens with one attached hydrogen (secondary N) is 1. The van der Waals surface area contributed by atoms with Crippen molar-refractivity contribution in [1.29, 1.82) is 0 Å². The van der Waals surface area contributed by atoms with Crippen LogP contribution in [0, 0.1) is 5.92 Å². The van der Waals surface area contributed by atoms with E-state index in [0.717, 1.165) is 32.5 Å². The van der Waals surface area contributed by atoms with Gasteiger partial charge in [-0.1, -0.05) is 43.7 Å². The maximum atomic E-state index is 12.6. The van der Waals surface area contributed by atoms with Gasteiger partial charge >= 0.3 is 0 Å². The molecule has 1 aromatic carbocycles. The largest absolute Gasteiger partial charge is 0.378 e. The molecule has 2 aliphatic heterocycles. The quantitative estimate of drug-likeness (QED) is 0.929. The number of likely N-dealkylation sites (tertiary alicyclic amines) is 1. The summed E-state index contributed by atoms with van der Waals surface area (Å²) in [5, 5.41) is 3.28. The molecular weight excluding hydrogens is 276 g/mol. The van der Waals surface area contributed by atoms with Crippen molar-refractivity contribution >= 4 is 5.91 Å². The van der Waals surface area contributed by atoms with Crippen molar-refractivity contribution in [3.63, 3.8) is 0 Å². The second-order valence-corrected chi connectivity index (χ2v) is 6.34. The van der Waals surface area contributed by atoms with Crippen LogP contribution in [0.15, 0.2) is 30.3 Å². The van der Waals surface area contributed by atoms with E-state index in [0.29, 0.717) is 25.0 Å². The number of carbonyl (C=O) groups excluding carboxylic acids is 1. The van der Waals surface area contributed by atoms with E-state index in [9.17, 15) is 4.79 Å². The van der Waals surface area contributed by atoms with E-state index in [2.05, 4.69) is 42.6 Å². The first kappa shape index (κ1) is 15.5. The van der Waals surface area contributed by atoms with Gasteiger partial charge in [-0.05, 0) is 23.8 Å². The van der Waals surface area contributed by atoms with Crippen LogP contribution in [0.2, 0.25) is 0 Å². The van der Waals surface area contributed by atoms with E-state index in [1.807, 2.05) is 4.90 Å². The maximum absolute atomic E-state index is 12.6. The van der Waals surface area contributed by atoms with Crippen LogP contribution in [0.4, 0.5) is 0 Å². The molecule has 22 heavy (non-hydrogen) atoms. The zero-order valence-electron chi connectivity index (χ0n) is 13.3. The Hall–Kier alpha value is -1.39. The molecule has 1 N–H and O–H groups in total. The molecule has 3 rings (SSSR count).